The van der Waals surface area contributed by atoms with E-state index in [1.54, 1.807) is 18.2 Å². The molecular formula is C13H16N2O5. The number of benzene rings is 1. The van der Waals surface area contributed by atoms with E-state index in [0.29, 0.717) is 17.1 Å². The van der Waals surface area contributed by atoms with Crippen molar-refractivity contribution in [3.05, 3.63) is 33.9 Å². The van der Waals surface area contributed by atoms with Gasteiger partial charge < -0.3 is 14.8 Å². The predicted octanol–water partition coefficient (Wildman–Crippen LogP) is 1.30. The Morgan fingerprint density at radius 1 is 1.35 bits per heavy atom. The Morgan fingerprint density at radius 2 is 2.10 bits per heavy atom. The summed E-state index contributed by atoms with van der Waals surface area (Å²) in [6.45, 7) is 0. The van der Waals surface area contributed by atoms with Crippen LogP contribution < -0.4 is 14.8 Å². The van der Waals surface area contributed by atoms with Gasteiger partial charge in [-0.25, -0.2) is 0 Å². The smallest absolute Gasteiger partial charge is 0.237 e. The largest absolute Gasteiger partial charge is 0.493 e. The number of nitrogens with zero attached hydrogens (tertiary/aromatic N) is 1. The monoisotopic (exact) mass is 280 g/mol. The number of hydrogen-bond donors (Lipinski definition) is 1. The van der Waals surface area contributed by atoms with Gasteiger partial charge in [0.05, 0.1) is 14.2 Å². The van der Waals surface area contributed by atoms with Gasteiger partial charge in [0.25, 0.3) is 0 Å². The van der Waals surface area contributed by atoms with Crippen molar-refractivity contribution in [3.8, 4) is 11.5 Å². The molecular weight excluding hydrogens is 264 g/mol. The second kappa shape index (κ2) is 5.77. The van der Waals surface area contributed by atoms with E-state index in [0.717, 1.165) is 0 Å². The first-order valence-electron chi connectivity index (χ1n) is 6.22. The standard InChI is InChI=1S/C13H16N2O5/c1-19-10-5-3-4-8(13(10)20-2)12-9(15(17)18)6-7-11(16)14-12/h3-5,9,12H,6-7H2,1-2H3,(H,14,16)/t9-,12-/m0/s1. The molecule has 0 bridgehead atoms. The molecule has 108 valence electrons. The van der Waals surface area contributed by atoms with Gasteiger partial charge in [-0.1, -0.05) is 12.1 Å². The number of nitrogens with one attached hydrogen (secondary N) is 1. The first-order chi connectivity index (χ1) is 9.58. The Kier molecular flexibility index (Phi) is 4.07. The van der Waals surface area contributed by atoms with Crippen molar-refractivity contribution in [2.45, 2.75) is 24.9 Å². The van der Waals surface area contributed by atoms with Crippen LogP contribution in [-0.2, 0) is 4.79 Å². The quantitative estimate of drug-likeness (QED) is 0.663. The Hall–Kier alpha value is -2.31. The van der Waals surface area contributed by atoms with Crippen molar-refractivity contribution in [3.63, 3.8) is 0 Å². The minimum absolute atomic E-state index is 0.161. The first-order valence-corrected chi connectivity index (χ1v) is 6.22. The number of methoxy groups -OCH3 is 2. The van der Waals surface area contributed by atoms with Crippen LogP contribution in [0, 0.1) is 10.1 Å². The third-order valence-corrected chi connectivity index (χ3v) is 3.41. The van der Waals surface area contributed by atoms with Crippen LogP contribution in [0.3, 0.4) is 0 Å². The van der Waals surface area contributed by atoms with Gasteiger partial charge in [0, 0.05) is 23.3 Å². The SMILES string of the molecule is COc1cccc([C@@H]2NC(=O)CC[C@@H]2[N+](=O)[O-])c1OC. The van der Waals surface area contributed by atoms with Crippen LogP contribution in [-0.4, -0.2) is 31.1 Å². The van der Waals surface area contributed by atoms with E-state index in [1.165, 1.54) is 14.2 Å². The number of hydrogen-bond acceptors (Lipinski definition) is 5. The summed E-state index contributed by atoms with van der Waals surface area (Å²) >= 11 is 0. The van der Waals surface area contributed by atoms with E-state index in [2.05, 4.69) is 5.32 Å². The lowest BCUT2D eigenvalue weighted by molar-refractivity contribution is -0.529. The number of carbonyl (C=O) groups is 1. The van der Waals surface area contributed by atoms with Crippen molar-refractivity contribution in [1.29, 1.82) is 0 Å². The zero-order valence-corrected chi connectivity index (χ0v) is 11.3. The van der Waals surface area contributed by atoms with Crippen molar-refractivity contribution in [1.82, 2.24) is 5.32 Å². The Bertz CT molecular complexity index is 531. The van der Waals surface area contributed by atoms with Gasteiger partial charge in [-0.05, 0) is 6.07 Å². The zero-order chi connectivity index (χ0) is 14.7. The fourth-order valence-corrected chi connectivity index (χ4v) is 2.46. The molecule has 1 aliphatic heterocycles. The molecule has 0 aromatic heterocycles. The molecule has 1 aromatic carbocycles. The lowest BCUT2D eigenvalue weighted by Crippen LogP contribution is -2.45. The maximum Gasteiger partial charge on any atom is 0.237 e. The van der Waals surface area contributed by atoms with Crippen LogP contribution in [0.4, 0.5) is 0 Å². The van der Waals surface area contributed by atoms with Gasteiger partial charge in [0.15, 0.2) is 11.5 Å². The van der Waals surface area contributed by atoms with Gasteiger partial charge in [0.1, 0.15) is 6.04 Å². The van der Waals surface area contributed by atoms with E-state index in [4.69, 9.17) is 9.47 Å². The lowest BCUT2D eigenvalue weighted by Gasteiger charge is -2.28. The second-order valence-electron chi connectivity index (χ2n) is 4.52. The molecule has 2 rings (SSSR count). The summed E-state index contributed by atoms with van der Waals surface area (Å²) in [6, 6.07) is 3.54. The highest BCUT2D eigenvalue weighted by Gasteiger charge is 2.40. The third-order valence-electron chi connectivity index (χ3n) is 3.41. The Labute approximate surface area is 116 Å². The molecule has 0 radical (unpaired) electrons. The predicted molar refractivity (Wildman–Crippen MR) is 70.4 cm³/mol. The highest BCUT2D eigenvalue weighted by molar-refractivity contribution is 5.77. The molecule has 1 fully saturated rings. The molecule has 1 N–H and O–H groups in total. The average Bonchev–Trinajstić information content (AvgIpc) is 2.45. The summed E-state index contributed by atoms with van der Waals surface area (Å²) in [5.74, 6) is 0.693. The van der Waals surface area contributed by atoms with Crippen LogP contribution in [0.5, 0.6) is 11.5 Å². The van der Waals surface area contributed by atoms with E-state index < -0.39 is 12.1 Å². The number of rotatable bonds is 4. The summed E-state index contributed by atoms with van der Waals surface area (Å²) < 4.78 is 10.5. The van der Waals surface area contributed by atoms with Crippen molar-refractivity contribution < 1.29 is 19.2 Å². The first kappa shape index (κ1) is 14.1. The van der Waals surface area contributed by atoms with Crippen LogP contribution in [0.25, 0.3) is 0 Å². The van der Waals surface area contributed by atoms with Crippen molar-refractivity contribution in [2.75, 3.05) is 14.2 Å². The molecule has 1 amide bonds. The summed E-state index contributed by atoms with van der Waals surface area (Å²) in [6.07, 6.45) is 0.373. The minimum atomic E-state index is -0.867. The lowest BCUT2D eigenvalue weighted by atomic mass is 9.91. The van der Waals surface area contributed by atoms with E-state index in [-0.39, 0.29) is 23.7 Å². The van der Waals surface area contributed by atoms with Gasteiger partial charge in [-0.3, -0.25) is 14.9 Å². The number of para-hydroxylation sites is 1. The molecule has 0 unspecified atom stereocenters. The second-order valence-corrected chi connectivity index (χ2v) is 4.52. The van der Waals surface area contributed by atoms with Gasteiger partial charge in [-0.2, -0.15) is 0 Å². The summed E-state index contributed by atoms with van der Waals surface area (Å²) in [5, 5.41) is 13.9. The molecule has 2 atom stereocenters. The molecule has 7 nitrogen and oxygen atoms in total. The third kappa shape index (κ3) is 2.52. The molecule has 7 heteroatoms. The summed E-state index contributed by atoms with van der Waals surface area (Å²) in [4.78, 5) is 22.4. The van der Waals surface area contributed by atoms with Crippen LogP contribution in [0.15, 0.2) is 18.2 Å². The maximum absolute atomic E-state index is 11.6. The van der Waals surface area contributed by atoms with Gasteiger partial charge in [-0.15, -0.1) is 0 Å². The topological polar surface area (TPSA) is 90.7 Å². The zero-order valence-electron chi connectivity index (χ0n) is 11.3. The number of carbonyl (C=O) groups excluding carboxylic acids is 1. The molecule has 1 saturated heterocycles. The van der Waals surface area contributed by atoms with Crippen molar-refractivity contribution >= 4 is 5.91 Å². The minimum Gasteiger partial charge on any atom is -0.493 e. The average molecular weight is 280 g/mol. The van der Waals surface area contributed by atoms with Crippen LogP contribution >= 0.6 is 0 Å². The van der Waals surface area contributed by atoms with Crippen LogP contribution in [0.2, 0.25) is 0 Å². The fraction of sp³-hybridized carbons (Fsp3) is 0.462. The molecule has 0 spiro atoms. The summed E-state index contributed by atoms with van der Waals surface area (Å²) in [5.41, 5.74) is 0.557. The van der Waals surface area contributed by atoms with Crippen LogP contribution in [0.1, 0.15) is 24.4 Å². The highest BCUT2D eigenvalue weighted by Crippen LogP contribution is 2.38. The Morgan fingerprint density at radius 3 is 2.70 bits per heavy atom. The van der Waals surface area contributed by atoms with Crippen molar-refractivity contribution in [2.24, 2.45) is 0 Å². The number of piperidine rings is 1. The highest BCUT2D eigenvalue weighted by atomic mass is 16.6. The van der Waals surface area contributed by atoms with E-state index >= 15 is 0 Å². The molecule has 0 saturated carbocycles. The maximum atomic E-state index is 11.6. The number of nitro groups is 1. The van der Waals surface area contributed by atoms with E-state index in [9.17, 15) is 14.9 Å². The Balaban J connectivity index is 2.46. The molecule has 1 aliphatic rings. The van der Waals surface area contributed by atoms with Gasteiger partial charge in [0.2, 0.25) is 11.9 Å². The van der Waals surface area contributed by atoms with E-state index in [1.807, 2.05) is 0 Å². The molecule has 20 heavy (non-hydrogen) atoms. The molecule has 0 aliphatic carbocycles. The molecule has 1 heterocycles. The van der Waals surface area contributed by atoms with Gasteiger partial charge >= 0.3 is 0 Å². The fourth-order valence-electron chi connectivity index (χ4n) is 2.46. The normalized spacial score (nSPS) is 22.0. The number of amides is 1. The number of ether oxygens (including phenoxy) is 2. The summed E-state index contributed by atoms with van der Waals surface area (Å²) in [7, 11) is 2.96. The molecule has 1 aromatic rings.